The largest absolute Gasteiger partial charge is 0.374 e. The van der Waals surface area contributed by atoms with Crippen LogP contribution in [0.2, 0.25) is 0 Å². The summed E-state index contributed by atoms with van der Waals surface area (Å²) < 4.78 is 5.47. The molecule has 19 heavy (non-hydrogen) atoms. The van der Waals surface area contributed by atoms with Gasteiger partial charge in [-0.25, -0.2) is 4.79 Å². The van der Waals surface area contributed by atoms with Gasteiger partial charge in [0.15, 0.2) is 0 Å². The van der Waals surface area contributed by atoms with Crippen LogP contribution >= 0.6 is 0 Å². The minimum absolute atomic E-state index is 0.0143. The van der Waals surface area contributed by atoms with E-state index in [4.69, 9.17) is 10.00 Å². The van der Waals surface area contributed by atoms with Crippen molar-refractivity contribution in [1.29, 1.82) is 5.26 Å². The number of nitrogens with one attached hydrogen (secondary N) is 3. The van der Waals surface area contributed by atoms with Crippen LogP contribution in [-0.4, -0.2) is 38.4 Å². The molecule has 1 saturated heterocycles. The number of benzene rings is 1. The molecule has 2 amide bonds. The van der Waals surface area contributed by atoms with E-state index in [9.17, 15) is 4.79 Å². The second-order valence-electron chi connectivity index (χ2n) is 4.22. The Balaban J connectivity index is 1.75. The minimum Gasteiger partial charge on any atom is -0.374 e. The number of ether oxygens (including phenoxy) is 1. The number of carbonyl (C=O) groups excluding carboxylic acids is 1. The maximum atomic E-state index is 11.6. The SMILES string of the molecule is N#Cc1ccc(NC(=O)NCC2CNCCO2)cc1. The first-order valence-electron chi connectivity index (χ1n) is 6.15. The van der Waals surface area contributed by atoms with Gasteiger partial charge < -0.3 is 20.7 Å². The van der Waals surface area contributed by atoms with Gasteiger partial charge in [0.05, 0.1) is 24.3 Å². The highest BCUT2D eigenvalue weighted by atomic mass is 16.5. The first-order valence-corrected chi connectivity index (χ1v) is 6.15. The average Bonchev–Trinajstić information content (AvgIpc) is 2.47. The van der Waals surface area contributed by atoms with Gasteiger partial charge in [0.2, 0.25) is 0 Å². The molecule has 1 aliphatic rings. The molecule has 3 N–H and O–H groups in total. The van der Waals surface area contributed by atoms with Crippen molar-refractivity contribution in [2.24, 2.45) is 0 Å². The van der Waals surface area contributed by atoms with Crippen LogP contribution in [0.5, 0.6) is 0 Å². The number of urea groups is 1. The van der Waals surface area contributed by atoms with E-state index in [0.29, 0.717) is 24.4 Å². The van der Waals surface area contributed by atoms with Crippen LogP contribution in [0.15, 0.2) is 24.3 Å². The van der Waals surface area contributed by atoms with Crippen LogP contribution in [-0.2, 0) is 4.74 Å². The van der Waals surface area contributed by atoms with Gasteiger partial charge in [-0.3, -0.25) is 0 Å². The van der Waals surface area contributed by atoms with E-state index >= 15 is 0 Å². The second kappa shape index (κ2) is 6.73. The average molecular weight is 260 g/mol. The fourth-order valence-corrected chi connectivity index (χ4v) is 1.76. The van der Waals surface area contributed by atoms with Crippen molar-refractivity contribution < 1.29 is 9.53 Å². The van der Waals surface area contributed by atoms with E-state index in [1.54, 1.807) is 24.3 Å². The van der Waals surface area contributed by atoms with Gasteiger partial charge in [0, 0.05) is 25.3 Å². The summed E-state index contributed by atoms with van der Waals surface area (Å²) in [6.45, 7) is 2.74. The highest BCUT2D eigenvalue weighted by Crippen LogP contribution is 2.08. The van der Waals surface area contributed by atoms with Gasteiger partial charge in [-0.2, -0.15) is 5.26 Å². The number of hydrogen-bond acceptors (Lipinski definition) is 4. The van der Waals surface area contributed by atoms with Crippen molar-refractivity contribution in [1.82, 2.24) is 10.6 Å². The lowest BCUT2D eigenvalue weighted by Crippen LogP contribution is -2.45. The number of hydrogen-bond donors (Lipinski definition) is 3. The number of amides is 2. The quantitative estimate of drug-likeness (QED) is 0.745. The third-order valence-electron chi connectivity index (χ3n) is 2.77. The Kier molecular flexibility index (Phi) is 4.72. The first kappa shape index (κ1) is 13.3. The lowest BCUT2D eigenvalue weighted by Gasteiger charge is -2.23. The summed E-state index contributed by atoms with van der Waals surface area (Å²) in [5.41, 5.74) is 1.21. The summed E-state index contributed by atoms with van der Waals surface area (Å²) in [5.74, 6) is 0. The maximum absolute atomic E-state index is 11.6. The topological polar surface area (TPSA) is 86.2 Å². The van der Waals surface area contributed by atoms with E-state index in [0.717, 1.165) is 13.1 Å². The van der Waals surface area contributed by atoms with Crippen LogP contribution in [0.4, 0.5) is 10.5 Å². The number of nitrogens with zero attached hydrogens (tertiary/aromatic N) is 1. The molecule has 1 aromatic carbocycles. The third-order valence-corrected chi connectivity index (χ3v) is 2.77. The van der Waals surface area contributed by atoms with E-state index in [1.807, 2.05) is 6.07 Å². The molecule has 100 valence electrons. The summed E-state index contributed by atoms with van der Waals surface area (Å²) in [6.07, 6.45) is 0.0143. The van der Waals surface area contributed by atoms with Crippen molar-refractivity contribution >= 4 is 11.7 Å². The van der Waals surface area contributed by atoms with Crippen molar-refractivity contribution in [3.63, 3.8) is 0 Å². The Morgan fingerprint density at radius 2 is 2.26 bits per heavy atom. The number of nitriles is 1. The zero-order valence-electron chi connectivity index (χ0n) is 10.5. The van der Waals surface area contributed by atoms with Gasteiger partial charge in [-0.1, -0.05) is 0 Å². The molecule has 6 nitrogen and oxygen atoms in total. The highest BCUT2D eigenvalue weighted by Gasteiger charge is 2.14. The number of carbonyl (C=O) groups is 1. The summed E-state index contributed by atoms with van der Waals surface area (Å²) >= 11 is 0. The first-order chi connectivity index (χ1) is 9.28. The normalized spacial score (nSPS) is 18.4. The summed E-state index contributed by atoms with van der Waals surface area (Å²) in [6, 6.07) is 8.44. The Hall–Kier alpha value is -2.10. The van der Waals surface area contributed by atoms with E-state index < -0.39 is 0 Å². The maximum Gasteiger partial charge on any atom is 0.319 e. The zero-order valence-corrected chi connectivity index (χ0v) is 10.5. The predicted octanol–water partition coefficient (Wildman–Crippen LogP) is 0.668. The molecular weight excluding hydrogens is 244 g/mol. The molecule has 1 unspecified atom stereocenters. The molecule has 0 aliphatic carbocycles. The molecule has 0 spiro atoms. The zero-order chi connectivity index (χ0) is 13.5. The van der Waals surface area contributed by atoms with Gasteiger partial charge >= 0.3 is 6.03 Å². The molecule has 1 atom stereocenters. The number of rotatable bonds is 3. The molecule has 1 heterocycles. The van der Waals surface area contributed by atoms with Crippen LogP contribution < -0.4 is 16.0 Å². The van der Waals surface area contributed by atoms with E-state index in [-0.39, 0.29) is 12.1 Å². The van der Waals surface area contributed by atoms with Crippen LogP contribution in [0.25, 0.3) is 0 Å². The number of morpholine rings is 1. The molecule has 2 rings (SSSR count). The van der Waals surface area contributed by atoms with E-state index in [2.05, 4.69) is 16.0 Å². The molecule has 0 bridgehead atoms. The Morgan fingerprint density at radius 3 is 2.89 bits per heavy atom. The Labute approximate surface area is 111 Å². The van der Waals surface area contributed by atoms with Gasteiger partial charge in [0.1, 0.15) is 0 Å². The molecule has 0 aromatic heterocycles. The Morgan fingerprint density at radius 1 is 1.47 bits per heavy atom. The van der Waals surface area contributed by atoms with Crippen molar-refractivity contribution in [3.8, 4) is 6.07 Å². The molecular formula is C13H16N4O2. The minimum atomic E-state index is -0.279. The fourth-order valence-electron chi connectivity index (χ4n) is 1.76. The van der Waals surface area contributed by atoms with Gasteiger partial charge in [-0.15, -0.1) is 0 Å². The van der Waals surface area contributed by atoms with Crippen molar-refractivity contribution in [3.05, 3.63) is 29.8 Å². The molecule has 6 heteroatoms. The second-order valence-corrected chi connectivity index (χ2v) is 4.22. The van der Waals surface area contributed by atoms with E-state index in [1.165, 1.54) is 0 Å². The number of anilines is 1. The van der Waals surface area contributed by atoms with Crippen LogP contribution in [0.3, 0.4) is 0 Å². The fraction of sp³-hybridized carbons (Fsp3) is 0.385. The highest BCUT2D eigenvalue weighted by molar-refractivity contribution is 5.89. The van der Waals surface area contributed by atoms with Gasteiger partial charge in [0.25, 0.3) is 0 Å². The molecule has 1 aliphatic heterocycles. The summed E-state index contributed by atoms with van der Waals surface area (Å²) in [5, 5.41) is 17.3. The monoisotopic (exact) mass is 260 g/mol. The van der Waals surface area contributed by atoms with Crippen LogP contribution in [0, 0.1) is 11.3 Å². The van der Waals surface area contributed by atoms with Crippen molar-refractivity contribution in [2.75, 3.05) is 31.6 Å². The summed E-state index contributed by atoms with van der Waals surface area (Å²) in [7, 11) is 0. The molecule has 0 radical (unpaired) electrons. The Bertz CT molecular complexity index is 461. The molecule has 1 aromatic rings. The van der Waals surface area contributed by atoms with Crippen LogP contribution in [0.1, 0.15) is 5.56 Å². The third kappa shape index (κ3) is 4.25. The smallest absolute Gasteiger partial charge is 0.319 e. The standard InChI is InChI=1S/C13H16N4O2/c14-7-10-1-3-11(4-2-10)17-13(18)16-9-12-8-15-5-6-19-12/h1-4,12,15H,5-6,8-9H2,(H2,16,17,18). The lowest BCUT2D eigenvalue weighted by atomic mass is 10.2. The lowest BCUT2D eigenvalue weighted by molar-refractivity contribution is 0.0310. The molecule has 1 fully saturated rings. The van der Waals surface area contributed by atoms with Crippen molar-refractivity contribution in [2.45, 2.75) is 6.10 Å². The summed E-state index contributed by atoms with van der Waals surface area (Å²) in [4.78, 5) is 11.6. The molecule has 0 saturated carbocycles. The predicted molar refractivity (Wildman–Crippen MR) is 70.8 cm³/mol. The van der Waals surface area contributed by atoms with Gasteiger partial charge in [-0.05, 0) is 24.3 Å².